The fraction of sp³-hybridized carbons (Fsp3) is 0.500. The summed E-state index contributed by atoms with van der Waals surface area (Å²) in [5.74, 6) is 1.58. The van der Waals surface area contributed by atoms with Crippen LogP contribution in [0.2, 0.25) is 0 Å². The summed E-state index contributed by atoms with van der Waals surface area (Å²) < 4.78 is 0. The normalized spacial score (nSPS) is 20.1. The van der Waals surface area contributed by atoms with E-state index in [9.17, 15) is 0 Å². The van der Waals surface area contributed by atoms with Crippen LogP contribution in [0, 0.1) is 23.2 Å². The van der Waals surface area contributed by atoms with Gasteiger partial charge < -0.3 is 4.90 Å². The second-order valence-corrected chi connectivity index (χ2v) is 4.90. The van der Waals surface area contributed by atoms with Gasteiger partial charge in [0.1, 0.15) is 0 Å². The van der Waals surface area contributed by atoms with Crippen molar-refractivity contribution < 1.29 is 0 Å². The minimum Gasteiger partial charge on any atom is -0.371 e. The van der Waals surface area contributed by atoms with Crippen molar-refractivity contribution in [1.29, 1.82) is 5.26 Å². The van der Waals surface area contributed by atoms with E-state index in [-0.39, 0.29) is 0 Å². The highest BCUT2D eigenvalue weighted by Gasteiger charge is 2.24. The van der Waals surface area contributed by atoms with Crippen LogP contribution in [0.25, 0.3) is 0 Å². The number of rotatable bonds is 2. The predicted molar refractivity (Wildman–Crippen MR) is 66.3 cm³/mol. The summed E-state index contributed by atoms with van der Waals surface area (Å²) in [6.45, 7) is 6.90. The van der Waals surface area contributed by atoms with Crippen molar-refractivity contribution in [2.45, 2.75) is 20.3 Å². The molecule has 2 nitrogen and oxygen atoms in total. The van der Waals surface area contributed by atoms with Gasteiger partial charge in [-0.15, -0.1) is 0 Å². The molecule has 1 heterocycles. The smallest absolute Gasteiger partial charge is 0.0991 e. The lowest BCUT2D eigenvalue weighted by Gasteiger charge is -2.20. The Kier molecular flexibility index (Phi) is 3.14. The molecular formula is C14H18N2. The minimum atomic E-state index is 0.739. The average molecular weight is 214 g/mol. The topological polar surface area (TPSA) is 27.0 Å². The molecule has 0 amide bonds. The van der Waals surface area contributed by atoms with Gasteiger partial charge in [0.05, 0.1) is 11.6 Å². The number of nitriles is 1. The predicted octanol–water partition coefficient (Wildman–Crippen LogP) is 3.04. The Bertz CT molecular complexity index is 386. The molecule has 84 valence electrons. The molecule has 0 aromatic heterocycles. The number of hydrogen-bond donors (Lipinski definition) is 0. The largest absolute Gasteiger partial charge is 0.371 e. The molecule has 0 saturated carbocycles. The van der Waals surface area contributed by atoms with E-state index in [2.05, 4.69) is 36.9 Å². The highest BCUT2D eigenvalue weighted by molar-refractivity contribution is 5.50. The van der Waals surface area contributed by atoms with Crippen LogP contribution in [0.15, 0.2) is 24.3 Å². The summed E-state index contributed by atoms with van der Waals surface area (Å²) in [4.78, 5) is 2.42. The van der Waals surface area contributed by atoms with Crippen LogP contribution in [0.1, 0.15) is 25.8 Å². The molecule has 1 saturated heterocycles. The lowest BCUT2D eigenvalue weighted by atomic mass is 9.95. The maximum atomic E-state index is 8.75. The molecule has 0 N–H and O–H groups in total. The van der Waals surface area contributed by atoms with Gasteiger partial charge in [0.2, 0.25) is 0 Å². The van der Waals surface area contributed by atoms with Gasteiger partial charge in [0.15, 0.2) is 0 Å². The highest BCUT2D eigenvalue weighted by Crippen LogP contribution is 2.28. The van der Waals surface area contributed by atoms with Gasteiger partial charge in [0, 0.05) is 18.8 Å². The zero-order chi connectivity index (χ0) is 11.5. The molecule has 0 aliphatic carbocycles. The summed E-state index contributed by atoms with van der Waals surface area (Å²) in [6, 6.07) is 10.1. The van der Waals surface area contributed by atoms with Crippen molar-refractivity contribution in [2.75, 3.05) is 18.0 Å². The van der Waals surface area contributed by atoms with Crippen molar-refractivity contribution >= 4 is 5.69 Å². The van der Waals surface area contributed by atoms with Crippen LogP contribution in [0.5, 0.6) is 0 Å². The molecule has 0 spiro atoms. The molecule has 1 unspecified atom stereocenters. The molecule has 1 fully saturated rings. The number of benzene rings is 1. The first-order valence-electron chi connectivity index (χ1n) is 5.96. The molecule has 0 bridgehead atoms. The second kappa shape index (κ2) is 4.57. The molecule has 1 aromatic carbocycles. The standard InChI is InChI=1S/C14H18N2/c1-11(2)13-7-8-16(10-13)14-5-3-12(9-15)4-6-14/h3-6,11,13H,7-8,10H2,1-2H3. The Morgan fingerprint density at radius 3 is 2.50 bits per heavy atom. The van der Waals surface area contributed by atoms with E-state index in [4.69, 9.17) is 5.26 Å². The molecule has 1 atom stereocenters. The fourth-order valence-electron chi connectivity index (χ4n) is 2.31. The Labute approximate surface area is 97.5 Å². The van der Waals surface area contributed by atoms with Crippen LogP contribution in [-0.2, 0) is 0 Å². The molecule has 1 aliphatic rings. The zero-order valence-electron chi connectivity index (χ0n) is 9.98. The Balaban J connectivity index is 2.06. The summed E-state index contributed by atoms with van der Waals surface area (Å²) in [6.07, 6.45) is 1.29. The Morgan fingerprint density at radius 2 is 2.00 bits per heavy atom. The monoisotopic (exact) mass is 214 g/mol. The van der Waals surface area contributed by atoms with Crippen molar-refractivity contribution in [3.63, 3.8) is 0 Å². The van der Waals surface area contributed by atoms with E-state index in [1.165, 1.54) is 12.1 Å². The van der Waals surface area contributed by atoms with Crippen LogP contribution in [0.3, 0.4) is 0 Å². The van der Waals surface area contributed by atoms with Gasteiger partial charge in [-0.25, -0.2) is 0 Å². The summed E-state index contributed by atoms with van der Waals surface area (Å²) in [7, 11) is 0. The van der Waals surface area contributed by atoms with Crippen molar-refractivity contribution in [3.8, 4) is 6.07 Å². The first kappa shape index (κ1) is 11.0. The molecule has 2 rings (SSSR count). The third-order valence-electron chi connectivity index (χ3n) is 3.53. The van der Waals surface area contributed by atoms with Crippen LogP contribution >= 0.6 is 0 Å². The molecule has 2 heteroatoms. The van der Waals surface area contributed by atoms with Crippen LogP contribution < -0.4 is 4.90 Å². The minimum absolute atomic E-state index is 0.739. The van der Waals surface area contributed by atoms with E-state index in [0.717, 1.165) is 30.5 Å². The fourth-order valence-corrected chi connectivity index (χ4v) is 2.31. The van der Waals surface area contributed by atoms with E-state index in [0.29, 0.717) is 0 Å². The maximum Gasteiger partial charge on any atom is 0.0991 e. The van der Waals surface area contributed by atoms with Gasteiger partial charge in [0.25, 0.3) is 0 Å². The van der Waals surface area contributed by atoms with Gasteiger partial charge in [-0.2, -0.15) is 5.26 Å². The number of hydrogen-bond acceptors (Lipinski definition) is 2. The number of anilines is 1. The van der Waals surface area contributed by atoms with Gasteiger partial charge >= 0.3 is 0 Å². The summed E-state index contributed by atoms with van der Waals surface area (Å²) >= 11 is 0. The SMILES string of the molecule is CC(C)C1CCN(c2ccc(C#N)cc2)C1. The van der Waals surface area contributed by atoms with Gasteiger partial charge in [-0.3, -0.25) is 0 Å². The molecule has 1 aromatic rings. The van der Waals surface area contributed by atoms with E-state index in [1.54, 1.807) is 0 Å². The third-order valence-corrected chi connectivity index (χ3v) is 3.53. The molecule has 0 radical (unpaired) electrons. The maximum absolute atomic E-state index is 8.75. The quantitative estimate of drug-likeness (QED) is 0.756. The van der Waals surface area contributed by atoms with E-state index < -0.39 is 0 Å². The molecule has 16 heavy (non-hydrogen) atoms. The van der Waals surface area contributed by atoms with E-state index in [1.807, 2.05) is 12.1 Å². The zero-order valence-corrected chi connectivity index (χ0v) is 9.98. The Hall–Kier alpha value is -1.49. The lowest BCUT2D eigenvalue weighted by Crippen LogP contribution is -2.20. The van der Waals surface area contributed by atoms with Gasteiger partial charge in [-0.05, 0) is 42.5 Å². The molecule has 1 aliphatic heterocycles. The van der Waals surface area contributed by atoms with Crippen molar-refractivity contribution in [3.05, 3.63) is 29.8 Å². The summed E-state index contributed by atoms with van der Waals surface area (Å²) in [5, 5.41) is 8.75. The van der Waals surface area contributed by atoms with Crippen molar-refractivity contribution in [2.24, 2.45) is 11.8 Å². The first-order chi connectivity index (χ1) is 7.70. The molecular weight excluding hydrogens is 196 g/mol. The van der Waals surface area contributed by atoms with Gasteiger partial charge in [-0.1, -0.05) is 13.8 Å². The van der Waals surface area contributed by atoms with E-state index >= 15 is 0 Å². The van der Waals surface area contributed by atoms with Crippen LogP contribution in [-0.4, -0.2) is 13.1 Å². The second-order valence-electron chi connectivity index (χ2n) is 4.90. The lowest BCUT2D eigenvalue weighted by molar-refractivity contribution is 0.423. The highest BCUT2D eigenvalue weighted by atomic mass is 15.1. The van der Waals surface area contributed by atoms with Crippen molar-refractivity contribution in [1.82, 2.24) is 0 Å². The average Bonchev–Trinajstić information content (AvgIpc) is 2.78. The van der Waals surface area contributed by atoms with Crippen LogP contribution in [0.4, 0.5) is 5.69 Å². The first-order valence-corrected chi connectivity index (χ1v) is 5.96. The summed E-state index contributed by atoms with van der Waals surface area (Å²) in [5.41, 5.74) is 1.99. The Morgan fingerprint density at radius 1 is 1.31 bits per heavy atom. The third kappa shape index (κ3) is 2.19. The number of nitrogens with zero attached hydrogens (tertiary/aromatic N) is 2.